The molecule has 2 aromatic carbocycles. The number of rotatable bonds is 2. The Morgan fingerprint density at radius 1 is 1.25 bits per heavy atom. The number of alkyl halides is 3. The molecular formula is C17H16BrF3N2O. The van der Waals surface area contributed by atoms with Crippen molar-refractivity contribution in [1.29, 1.82) is 0 Å². The van der Waals surface area contributed by atoms with Crippen LogP contribution in [0.2, 0.25) is 0 Å². The highest BCUT2D eigenvalue weighted by Crippen LogP contribution is 2.41. The van der Waals surface area contributed by atoms with E-state index in [2.05, 4.69) is 21.4 Å². The number of nitrogens with zero attached hydrogens (tertiary/aromatic N) is 1. The molecule has 1 aliphatic rings. The number of hydrazine groups is 1. The van der Waals surface area contributed by atoms with E-state index in [-0.39, 0.29) is 12.1 Å². The fourth-order valence-corrected chi connectivity index (χ4v) is 3.47. The molecule has 0 radical (unpaired) electrons. The Morgan fingerprint density at radius 2 is 1.96 bits per heavy atom. The number of hydrogen-bond donors (Lipinski definition) is 1. The van der Waals surface area contributed by atoms with E-state index in [4.69, 9.17) is 0 Å². The Kier molecular flexibility index (Phi) is 4.12. The maximum absolute atomic E-state index is 13.7. The Labute approximate surface area is 145 Å². The van der Waals surface area contributed by atoms with E-state index in [1.807, 2.05) is 6.07 Å². The van der Waals surface area contributed by atoms with E-state index in [9.17, 15) is 18.0 Å². The van der Waals surface area contributed by atoms with Gasteiger partial charge in [0.25, 0.3) is 0 Å². The van der Waals surface area contributed by atoms with Gasteiger partial charge in [-0.25, -0.2) is 5.01 Å². The average Bonchev–Trinajstić information content (AvgIpc) is 2.71. The summed E-state index contributed by atoms with van der Waals surface area (Å²) in [4.78, 5) is 11.9. The second-order valence-corrected chi connectivity index (χ2v) is 7.47. The Bertz CT molecular complexity index is 804. The summed E-state index contributed by atoms with van der Waals surface area (Å²) in [6.45, 7) is 3.26. The van der Waals surface area contributed by atoms with Crippen LogP contribution < -0.4 is 5.43 Å². The van der Waals surface area contributed by atoms with Gasteiger partial charge >= 0.3 is 6.18 Å². The summed E-state index contributed by atoms with van der Waals surface area (Å²) in [5.41, 5.74) is 1.62. The molecule has 7 heteroatoms. The van der Waals surface area contributed by atoms with Gasteiger partial charge in [0.15, 0.2) is 0 Å². The fourth-order valence-electron chi connectivity index (χ4n) is 2.95. The van der Waals surface area contributed by atoms with Crippen LogP contribution >= 0.6 is 15.9 Å². The van der Waals surface area contributed by atoms with Gasteiger partial charge in [0.05, 0.1) is 5.41 Å². The maximum atomic E-state index is 13.7. The normalized spacial score (nSPS) is 19.5. The zero-order valence-electron chi connectivity index (χ0n) is 13.1. The predicted octanol–water partition coefficient (Wildman–Crippen LogP) is 4.58. The minimum Gasteiger partial charge on any atom is -0.287 e. The average molecular weight is 401 g/mol. The lowest BCUT2D eigenvalue weighted by atomic mass is 9.93. The van der Waals surface area contributed by atoms with Crippen LogP contribution in [0.25, 0.3) is 10.8 Å². The van der Waals surface area contributed by atoms with Crippen LogP contribution in [0.1, 0.15) is 25.5 Å². The van der Waals surface area contributed by atoms with Crippen molar-refractivity contribution in [3.63, 3.8) is 0 Å². The van der Waals surface area contributed by atoms with Gasteiger partial charge in [-0.1, -0.05) is 40.2 Å². The van der Waals surface area contributed by atoms with Crippen molar-refractivity contribution in [2.75, 3.05) is 6.54 Å². The summed E-state index contributed by atoms with van der Waals surface area (Å²) in [5.74, 6) is -0.403. The van der Waals surface area contributed by atoms with Crippen LogP contribution in [0.5, 0.6) is 0 Å². The van der Waals surface area contributed by atoms with Gasteiger partial charge in [-0.2, -0.15) is 13.2 Å². The van der Waals surface area contributed by atoms with Crippen molar-refractivity contribution in [2.45, 2.75) is 26.1 Å². The molecule has 24 heavy (non-hydrogen) atoms. The van der Waals surface area contributed by atoms with Gasteiger partial charge in [0, 0.05) is 11.0 Å². The largest absolute Gasteiger partial charge is 0.409 e. The molecule has 128 valence electrons. The second kappa shape index (κ2) is 5.74. The lowest BCUT2D eigenvalue weighted by Gasteiger charge is -2.30. The minimum atomic E-state index is -4.51. The number of benzene rings is 2. The molecule has 0 aliphatic carbocycles. The molecule has 1 heterocycles. The molecular weight excluding hydrogens is 385 g/mol. The van der Waals surface area contributed by atoms with Crippen LogP contribution in [0.3, 0.4) is 0 Å². The minimum absolute atomic E-state index is 0.00741. The summed E-state index contributed by atoms with van der Waals surface area (Å²) < 4.78 is 42.0. The molecule has 0 spiro atoms. The van der Waals surface area contributed by atoms with Crippen LogP contribution in [0.15, 0.2) is 40.9 Å². The number of halogens is 4. The molecule has 2 aromatic rings. The van der Waals surface area contributed by atoms with Gasteiger partial charge in [-0.05, 0) is 42.3 Å². The first-order valence-corrected chi connectivity index (χ1v) is 8.21. The van der Waals surface area contributed by atoms with Gasteiger partial charge in [-0.15, -0.1) is 0 Å². The van der Waals surface area contributed by atoms with E-state index in [1.165, 1.54) is 12.1 Å². The Balaban J connectivity index is 2.06. The first kappa shape index (κ1) is 17.2. The third kappa shape index (κ3) is 3.02. The van der Waals surface area contributed by atoms with E-state index in [0.29, 0.717) is 5.39 Å². The van der Waals surface area contributed by atoms with E-state index >= 15 is 0 Å². The maximum Gasteiger partial charge on any atom is 0.409 e. The lowest BCUT2D eigenvalue weighted by Crippen LogP contribution is -2.43. The van der Waals surface area contributed by atoms with Gasteiger partial charge in [-0.3, -0.25) is 10.2 Å². The zero-order valence-corrected chi connectivity index (χ0v) is 14.7. The first-order chi connectivity index (χ1) is 11.1. The molecule has 0 saturated carbocycles. The molecule has 3 rings (SSSR count). The van der Waals surface area contributed by atoms with E-state index in [1.54, 1.807) is 32.0 Å². The van der Waals surface area contributed by atoms with Crippen LogP contribution in [0, 0.1) is 5.41 Å². The number of fused-ring (bicyclic) bond motifs is 1. The summed E-state index contributed by atoms with van der Waals surface area (Å²) in [7, 11) is 0. The van der Waals surface area contributed by atoms with Crippen molar-refractivity contribution < 1.29 is 18.0 Å². The summed E-state index contributed by atoms with van der Waals surface area (Å²) in [5, 5.41) is 2.54. The van der Waals surface area contributed by atoms with Crippen molar-refractivity contribution in [2.24, 2.45) is 5.41 Å². The molecule has 0 bridgehead atoms. The lowest BCUT2D eigenvalue weighted by molar-refractivity contribution is -0.191. The zero-order chi connectivity index (χ0) is 17.7. The van der Waals surface area contributed by atoms with Crippen molar-refractivity contribution in [3.05, 3.63) is 46.4 Å². The highest BCUT2D eigenvalue weighted by atomic mass is 79.9. The Hall–Kier alpha value is -1.60. The van der Waals surface area contributed by atoms with E-state index < -0.39 is 23.5 Å². The summed E-state index contributed by atoms with van der Waals surface area (Å²) in [6.07, 6.45) is -4.51. The number of carbonyl (C=O) groups excluding carboxylic acids is 1. The van der Waals surface area contributed by atoms with Gasteiger partial charge in [0.2, 0.25) is 5.91 Å². The SMILES string of the molecule is CC1(C)CN([C@@H](c2ccc3c(Br)cccc3c2)C(F)(F)F)NC1=O. The molecule has 1 amide bonds. The monoisotopic (exact) mass is 400 g/mol. The van der Waals surface area contributed by atoms with Gasteiger partial charge < -0.3 is 0 Å². The highest BCUT2D eigenvalue weighted by molar-refractivity contribution is 9.10. The van der Waals surface area contributed by atoms with Crippen LogP contribution in [0.4, 0.5) is 13.2 Å². The highest BCUT2D eigenvalue weighted by Gasteiger charge is 2.51. The molecule has 3 nitrogen and oxygen atoms in total. The molecule has 1 aliphatic heterocycles. The van der Waals surface area contributed by atoms with Gasteiger partial charge in [0.1, 0.15) is 6.04 Å². The van der Waals surface area contributed by atoms with Crippen molar-refractivity contribution >= 4 is 32.6 Å². The summed E-state index contributed by atoms with van der Waals surface area (Å²) in [6, 6.07) is 8.15. The predicted molar refractivity (Wildman–Crippen MR) is 89.1 cm³/mol. The molecule has 1 N–H and O–H groups in total. The Morgan fingerprint density at radius 3 is 2.54 bits per heavy atom. The molecule has 1 saturated heterocycles. The number of nitrogens with one attached hydrogen (secondary N) is 1. The third-order valence-electron chi connectivity index (χ3n) is 4.21. The molecule has 0 aromatic heterocycles. The molecule has 0 unspecified atom stereocenters. The fraction of sp³-hybridized carbons (Fsp3) is 0.353. The molecule has 1 atom stereocenters. The van der Waals surface area contributed by atoms with Crippen LogP contribution in [-0.2, 0) is 4.79 Å². The quantitative estimate of drug-likeness (QED) is 0.799. The summed E-state index contributed by atoms with van der Waals surface area (Å²) >= 11 is 3.40. The van der Waals surface area contributed by atoms with Crippen molar-refractivity contribution in [1.82, 2.24) is 10.4 Å². The third-order valence-corrected chi connectivity index (χ3v) is 4.91. The van der Waals surface area contributed by atoms with Crippen LogP contribution in [-0.4, -0.2) is 23.6 Å². The smallest absolute Gasteiger partial charge is 0.287 e. The standard InChI is InChI=1S/C17H16BrF3N2O/c1-16(2)9-23(22-15(16)24)14(17(19,20)21)11-6-7-12-10(8-11)4-3-5-13(12)18/h3-8,14H,9H2,1-2H3,(H,22,24)/t14-/m0/s1. The number of carbonyl (C=O) groups is 1. The second-order valence-electron chi connectivity index (χ2n) is 6.62. The number of hydrogen-bond acceptors (Lipinski definition) is 2. The topological polar surface area (TPSA) is 32.3 Å². The number of amides is 1. The van der Waals surface area contributed by atoms with Crippen molar-refractivity contribution in [3.8, 4) is 0 Å². The first-order valence-electron chi connectivity index (χ1n) is 7.42. The van der Waals surface area contributed by atoms with E-state index in [0.717, 1.165) is 14.9 Å². The molecule has 1 fully saturated rings.